The third-order valence-electron chi connectivity index (χ3n) is 3.72. The van der Waals surface area contributed by atoms with E-state index in [2.05, 4.69) is 4.98 Å². The highest BCUT2D eigenvalue weighted by molar-refractivity contribution is 6.31. The van der Waals surface area contributed by atoms with E-state index in [0.717, 1.165) is 16.9 Å². The molecule has 0 amide bonds. The summed E-state index contributed by atoms with van der Waals surface area (Å²) in [6, 6.07) is 11.2. The van der Waals surface area contributed by atoms with Gasteiger partial charge in [0.05, 0.1) is 23.8 Å². The van der Waals surface area contributed by atoms with Gasteiger partial charge < -0.3 is 4.74 Å². The smallest absolute Gasteiger partial charge is 0.261 e. The monoisotopic (exact) mass is 328 g/mol. The summed E-state index contributed by atoms with van der Waals surface area (Å²) in [6.07, 6.45) is 1.54. The third-order valence-corrected chi connectivity index (χ3v) is 3.96. The number of nitrogens with zero attached hydrogens (tertiary/aromatic N) is 2. The molecule has 5 heteroatoms. The van der Waals surface area contributed by atoms with Gasteiger partial charge in [0.25, 0.3) is 5.56 Å². The summed E-state index contributed by atoms with van der Waals surface area (Å²) in [5, 5.41) is 1.13. The van der Waals surface area contributed by atoms with E-state index in [4.69, 9.17) is 16.3 Å². The van der Waals surface area contributed by atoms with E-state index in [0.29, 0.717) is 29.1 Å². The van der Waals surface area contributed by atoms with Crippen molar-refractivity contribution in [2.24, 2.45) is 0 Å². The van der Waals surface area contributed by atoms with Gasteiger partial charge in [0.1, 0.15) is 12.4 Å². The second-order valence-electron chi connectivity index (χ2n) is 5.52. The Morgan fingerprint density at radius 3 is 2.83 bits per heavy atom. The van der Waals surface area contributed by atoms with Gasteiger partial charge in [-0.2, -0.15) is 0 Å². The Kier molecular flexibility index (Phi) is 4.35. The van der Waals surface area contributed by atoms with Gasteiger partial charge in [-0.15, -0.1) is 0 Å². The largest absolute Gasteiger partial charge is 0.491 e. The molecule has 0 atom stereocenters. The van der Waals surface area contributed by atoms with Gasteiger partial charge in [-0.1, -0.05) is 23.7 Å². The second-order valence-corrected chi connectivity index (χ2v) is 5.96. The summed E-state index contributed by atoms with van der Waals surface area (Å²) in [7, 11) is 0. The van der Waals surface area contributed by atoms with Crippen molar-refractivity contribution in [1.82, 2.24) is 9.55 Å². The first-order chi connectivity index (χ1) is 11.0. The van der Waals surface area contributed by atoms with Crippen molar-refractivity contribution >= 4 is 22.5 Å². The SMILES string of the molecule is Cc1ccc(C)c(OCCn2cnc3cc(Cl)ccc3c2=O)c1. The average Bonchev–Trinajstić information content (AvgIpc) is 2.53. The lowest BCUT2D eigenvalue weighted by Gasteiger charge is -2.11. The normalized spacial score (nSPS) is 10.9. The summed E-state index contributed by atoms with van der Waals surface area (Å²) < 4.78 is 7.36. The maximum Gasteiger partial charge on any atom is 0.261 e. The Morgan fingerprint density at radius 1 is 1.17 bits per heavy atom. The number of ether oxygens (including phenoxy) is 1. The summed E-state index contributed by atoms with van der Waals surface area (Å²) in [5.74, 6) is 0.846. The molecule has 118 valence electrons. The zero-order valence-electron chi connectivity index (χ0n) is 13.0. The van der Waals surface area contributed by atoms with Crippen molar-refractivity contribution in [2.75, 3.05) is 6.61 Å². The van der Waals surface area contributed by atoms with E-state index in [-0.39, 0.29) is 5.56 Å². The fraction of sp³-hybridized carbons (Fsp3) is 0.222. The molecule has 0 N–H and O–H groups in total. The molecule has 3 rings (SSSR count). The van der Waals surface area contributed by atoms with Crippen LogP contribution in [0, 0.1) is 13.8 Å². The van der Waals surface area contributed by atoms with Crippen LogP contribution in [0.15, 0.2) is 47.5 Å². The minimum absolute atomic E-state index is 0.0868. The van der Waals surface area contributed by atoms with Crippen LogP contribution in [0.2, 0.25) is 5.02 Å². The molecule has 2 aromatic carbocycles. The van der Waals surface area contributed by atoms with E-state index in [1.807, 2.05) is 32.0 Å². The maximum atomic E-state index is 12.4. The summed E-state index contributed by atoms with van der Waals surface area (Å²) in [4.78, 5) is 16.7. The molecule has 0 fully saturated rings. The van der Waals surface area contributed by atoms with Crippen LogP contribution in [-0.2, 0) is 6.54 Å². The predicted molar refractivity (Wildman–Crippen MR) is 92.4 cm³/mol. The minimum Gasteiger partial charge on any atom is -0.491 e. The number of aromatic nitrogens is 2. The molecule has 1 heterocycles. The molecule has 0 aliphatic rings. The van der Waals surface area contributed by atoms with Crippen LogP contribution in [0.5, 0.6) is 5.75 Å². The zero-order valence-corrected chi connectivity index (χ0v) is 13.8. The first-order valence-corrected chi connectivity index (χ1v) is 7.77. The number of halogens is 1. The number of hydrogen-bond acceptors (Lipinski definition) is 3. The molecule has 0 saturated heterocycles. The number of hydrogen-bond donors (Lipinski definition) is 0. The zero-order chi connectivity index (χ0) is 16.4. The highest BCUT2D eigenvalue weighted by Gasteiger charge is 2.05. The topological polar surface area (TPSA) is 44.1 Å². The first kappa shape index (κ1) is 15.6. The van der Waals surface area contributed by atoms with Crippen LogP contribution in [-0.4, -0.2) is 16.2 Å². The Bertz CT molecular complexity index is 919. The molecular weight excluding hydrogens is 312 g/mol. The Balaban J connectivity index is 1.77. The predicted octanol–water partition coefficient (Wildman–Crippen LogP) is 3.75. The molecule has 0 radical (unpaired) electrons. The van der Waals surface area contributed by atoms with Crippen molar-refractivity contribution in [2.45, 2.75) is 20.4 Å². The molecule has 0 spiro atoms. The van der Waals surface area contributed by atoms with E-state index in [9.17, 15) is 4.79 Å². The van der Waals surface area contributed by atoms with Crippen molar-refractivity contribution in [3.63, 3.8) is 0 Å². The molecule has 23 heavy (non-hydrogen) atoms. The van der Waals surface area contributed by atoms with Gasteiger partial charge in [-0.3, -0.25) is 9.36 Å². The van der Waals surface area contributed by atoms with E-state index in [1.54, 1.807) is 22.8 Å². The van der Waals surface area contributed by atoms with Gasteiger partial charge in [-0.05, 0) is 49.2 Å². The molecule has 0 aliphatic carbocycles. The van der Waals surface area contributed by atoms with E-state index >= 15 is 0 Å². The number of fused-ring (bicyclic) bond motifs is 1. The van der Waals surface area contributed by atoms with Crippen molar-refractivity contribution in [3.8, 4) is 5.75 Å². The number of aryl methyl sites for hydroxylation is 2. The van der Waals surface area contributed by atoms with Crippen molar-refractivity contribution in [3.05, 3.63) is 69.2 Å². The molecule has 4 nitrogen and oxygen atoms in total. The third kappa shape index (κ3) is 3.37. The molecule has 1 aromatic heterocycles. The lowest BCUT2D eigenvalue weighted by Crippen LogP contribution is -2.23. The van der Waals surface area contributed by atoms with E-state index < -0.39 is 0 Å². The van der Waals surface area contributed by atoms with Crippen LogP contribution in [0.4, 0.5) is 0 Å². The lowest BCUT2D eigenvalue weighted by atomic mass is 10.1. The molecule has 0 unspecified atom stereocenters. The van der Waals surface area contributed by atoms with Crippen LogP contribution >= 0.6 is 11.6 Å². The first-order valence-electron chi connectivity index (χ1n) is 7.39. The number of benzene rings is 2. The highest BCUT2D eigenvalue weighted by atomic mass is 35.5. The van der Waals surface area contributed by atoms with Gasteiger partial charge in [0.2, 0.25) is 0 Å². The quantitative estimate of drug-likeness (QED) is 0.732. The lowest BCUT2D eigenvalue weighted by molar-refractivity contribution is 0.294. The Labute approximate surface area is 139 Å². The highest BCUT2D eigenvalue weighted by Crippen LogP contribution is 2.19. The molecule has 0 saturated carbocycles. The summed E-state index contributed by atoms with van der Waals surface area (Å²) >= 11 is 5.92. The van der Waals surface area contributed by atoms with Gasteiger partial charge >= 0.3 is 0 Å². The van der Waals surface area contributed by atoms with Gasteiger partial charge in [-0.25, -0.2) is 4.98 Å². The minimum atomic E-state index is -0.0868. The number of rotatable bonds is 4. The molecule has 0 aliphatic heterocycles. The standard InChI is InChI=1S/C18H17ClN2O2/c1-12-3-4-13(2)17(9-12)23-8-7-21-11-20-16-10-14(19)5-6-15(16)18(21)22/h3-6,9-11H,7-8H2,1-2H3. The van der Waals surface area contributed by atoms with Crippen molar-refractivity contribution < 1.29 is 4.74 Å². The summed E-state index contributed by atoms with van der Waals surface area (Å²) in [5.41, 5.74) is 2.74. The molecule has 0 bridgehead atoms. The Hall–Kier alpha value is -2.33. The Morgan fingerprint density at radius 2 is 2.00 bits per heavy atom. The fourth-order valence-electron chi connectivity index (χ4n) is 2.41. The second kappa shape index (κ2) is 6.42. The fourth-order valence-corrected chi connectivity index (χ4v) is 2.57. The summed E-state index contributed by atoms with van der Waals surface area (Å²) in [6.45, 7) is 4.88. The molecule has 3 aromatic rings. The maximum absolute atomic E-state index is 12.4. The van der Waals surface area contributed by atoms with Crippen LogP contribution < -0.4 is 10.3 Å². The average molecular weight is 329 g/mol. The van der Waals surface area contributed by atoms with Gasteiger partial charge in [0, 0.05) is 5.02 Å². The van der Waals surface area contributed by atoms with Gasteiger partial charge in [0.15, 0.2) is 0 Å². The molecular formula is C18H17ClN2O2. The van der Waals surface area contributed by atoms with Crippen LogP contribution in [0.3, 0.4) is 0 Å². The van der Waals surface area contributed by atoms with E-state index in [1.165, 1.54) is 6.33 Å². The van der Waals surface area contributed by atoms with Crippen LogP contribution in [0.1, 0.15) is 11.1 Å². The van der Waals surface area contributed by atoms with Crippen LogP contribution in [0.25, 0.3) is 10.9 Å². The van der Waals surface area contributed by atoms with Crippen molar-refractivity contribution in [1.29, 1.82) is 0 Å².